The molecule has 0 saturated carbocycles. The van der Waals surface area contributed by atoms with Crippen molar-refractivity contribution in [2.24, 2.45) is 0 Å². The van der Waals surface area contributed by atoms with Gasteiger partial charge < -0.3 is 10.4 Å². The van der Waals surface area contributed by atoms with E-state index in [1.807, 2.05) is 0 Å². The summed E-state index contributed by atoms with van der Waals surface area (Å²) in [6.45, 7) is -0.188. The van der Waals surface area contributed by atoms with Gasteiger partial charge in [0, 0.05) is 30.9 Å². The van der Waals surface area contributed by atoms with Gasteiger partial charge in [-0.05, 0) is 48.4 Å². The number of pyridine rings is 2. The van der Waals surface area contributed by atoms with Gasteiger partial charge in [0.05, 0.1) is 16.2 Å². The molecular weight excluding hydrogens is 510 g/mol. The van der Waals surface area contributed by atoms with Crippen LogP contribution in [0.3, 0.4) is 0 Å². The number of carbonyl (C=O) groups excluding carboxylic acids is 1. The number of benzene rings is 1. The zero-order valence-electron chi connectivity index (χ0n) is 19.0. The second-order valence-electron chi connectivity index (χ2n) is 7.81. The third-order valence-corrected chi connectivity index (χ3v) is 8.38. The Balaban J connectivity index is 0.00000342. The topological polar surface area (TPSA) is 149 Å². The van der Waals surface area contributed by atoms with Gasteiger partial charge in [-0.3, -0.25) is 14.1 Å². The van der Waals surface area contributed by atoms with E-state index in [1.165, 1.54) is 24.4 Å². The van der Waals surface area contributed by atoms with Crippen LogP contribution in [0, 0.1) is 5.82 Å². The molecule has 0 bridgehead atoms. The average Bonchev–Trinajstić information content (AvgIpc) is 2.78. The summed E-state index contributed by atoms with van der Waals surface area (Å²) >= 11 is 0. The first-order valence-corrected chi connectivity index (χ1v) is 13.7. The van der Waals surface area contributed by atoms with Gasteiger partial charge in [-0.15, -0.1) is 0 Å². The molecule has 1 fully saturated rings. The van der Waals surface area contributed by atoms with Crippen molar-refractivity contribution < 1.29 is 60.7 Å². The number of hydrogen-bond donors (Lipinski definition) is 1. The minimum Gasteiger partial charge on any atom is -0.869 e. The van der Waals surface area contributed by atoms with Crippen LogP contribution in [0.15, 0.2) is 41.4 Å². The maximum atomic E-state index is 13.6. The van der Waals surface area contributed by atoms with E-state index >= 15 is 0 Å². The van der Waals surface area contributed by atoms with Crippen LogP contribution in [0.25, 0.3) is 10.9 Å². The molecule has 14 heteroatoms. The zero-order chi connectivity index (χ0) is 24.7. The average molecular weight is 531 g/mol. The molecule has 3 heterocycles. The van der Waals surface area contributed by atoms with Gasteiger partial charge in [-0.2, -0.15) is 0 Å². The van der Waals surface area contributed by atoms with Gasteiger partial charge in [-0.1, -0.05) is 6.07 Å². The third-order valence-electron chi connectivity index (χ3n) is 5.37. The number of sulfonamides is 1. The Morgan fingerprint density at radius 3 is 2.69 bits per heavy atom. The normalized spacial score (nSPS) is 15.4. The van der Waals surface area contributed by atoms with Crippen molar-refractivity contribution in [3.8, 4) is 5.75 Å². The Morgan fingerprint density at radius 2 is 2.00 bits per heavy atom. The fourth-order valence-electron chi connectivity index (χ4n) is 3.75. The number of sulfone groups is 1. The summed E-state index contributed by atoms with van der Waals surface area (Å²) in [6, 6.07) is 6.14. The molecule has 0 spiro atoms. The maximum absolute atomic E-state index is 13.6. The molecule has 1 N–H and O–H groups in total. The molecule has 180 valence electrons. The van der Waals surface area contributed by atoms with Crippen LogP contribution in [0.2, 0.25) is 0 Å². The number of rotatable bonds is 5. The Labute approximate surface area is 223 Å². The molecule has 3 aromatic rings. The van der Waals surface area contributed by atoms with Gasteiger partial charge in [0.25, 0.3) is 5.91 Å². The van der Waals surface area contributed by atoms with Crippen molar-refractivity contribution >= 4 is 42.5 Å². The Morgan fingerprint density at radius 1 is 1.26 bits per heavy atom. The van der Waals surface area contributed by atoms with E-state index in [9.17, 15) is 31.1 Å². The van der Waals surface area contributed by atoms with Crippen molar-refractivity contribution in [2.75, 3.05) is 22.9 Å². The van der Waals surface area contributed by atoms with E-state index in [1.54, 1.807) is 0 Å². The molecule has 1 amide bonds. The summed E-state index contributed by atoms with van der Waals surface area (Å²) in [6.07, 6.45) is 3.33. The van der Waals surface area contributed by atoms with Crippen LogP contribution in [0.5, 0.6) is 5.75 Å². The quantitative estimate of drug-likeness (QED) is 0.377. The summed E-state index contributed by atoms with van der Waals surface area (Å²) in [4.78, 5) is 20.8. The summed E-state index contributed by atoms with van der Waals surface area (Å²) in [5, 5.41) is 15.6. The van der Waals surface area contributed by atoms with Crippen LogP contribution in [-0.4, -0.2) is 51.3 Å². The first-order chi connectivity index (χ1) is 16.0. The minimum atomic E-state index is -3.79. The number of carbonyl (C=O) groups is 1. The second-order valence-corrected chi connectivity index (χ2v) is 11.8. The zero-order valence-corrected chi connectivity index (χ0v) is 22.6. The van der Waals surface area contributed by atoms with Crippen molar-refractivity contribution in [1.29, 1.82) is 0 Å². The predicted molar refractivity (Wildman–Crippen MR) is 120 cm³/mol. The number of nitrogens with zero attached hydrogens (tertiary/aromatic N) is 3. The molecule has 0 unspecified atom stereocenters. The summed E-state index contributed by atoms with van der Waals surface area (Å²) in [7, 11) is -7.49. The molecule has 1 aromatic carbocycles. The largest absolute Gasteiger partial charge is 1.00 e. The van der Waals surface area contributed by atoms with Crippen LogP contribution < -0.4 is 44.3 Å². The van der Waals surface area contributed by atoms with Crippen molar-refractivity contribution in [1.82, 2.24) is 15.3 Å². The maximum Gasteiger partial charge on any atom is 1.00 e. The van der Waals surface area contributed by atoms with Crippen molar-refractivity contribution in [2.45, 2.75) is 24.3 Å². The first-order valence-electron chi connectivity index (χ1n) is 10.2. The van der Waals surface area contributed by atoms with Crippen LogP contribution >= 0.6 is 0 Å². The van der Waals surface area contributed by atoms with Crippen LogP contribution in [0.4, 0.5) is 10.2 Å². The van der Waals surface area contributed by atoms with Crippen molar-refractivity contribution in [3.05, 3.63) is 53.6 Å². The van der Waals surface area contributed by atoms with Crippen LogP contribution in [0.1, 0.15) is 28.9 Å². The van der Waals surface area contributed by atoms with Crippen molar-refractivity contribution in [3.63, 3.8) is 0 Å². The standard InChI is InChI=1S/C21H21FN4O6S2.Na/c1-33(29,30)16-11-14(22)7-6-13(16)12-24-21(28)18-19(27)17-15(5-4-8-23-17)20(25-18)26-9-2-3-10-34(26,31)32;/h4-8,11,27H,2-3,9-10,12H2,1H3,(H,24,28);/q;+1/p-1. The predicted octanol–water partition coefficient (Wildman–Crippen LogP) is -1.89. The van der Waals surface area contributed by atoms with Gasteiger partial charge in [0.2, 0.25) is 10.0 Å². The molecule has 1 aliphatic heterocycles. The molecule has 0 atom stereocenters. The number of fused-ring (bicyclic) bond motifs is 1. The number of anilines is 1. The second kappa shape index (κ2) is 10.3. The van der Waals surface area contributed by atoms with E-state index in [4.69, 9.17) is 0 Å². The summed E-state index contributed by atoms with van der Waals surface area (Å²) < 4.78 is 63.9. The van der Waals surface area contributed by atoms with Gasteiger partial charge >= 0.3 is 29.6 Å². The molecule has 10 nitrogen and oxygen atoms in total. The molecule has 0 radical (unpaired) electrons. The Bertz CT molecular complexity index is 1520. The summed E-state index contributed by atoms with van der Waals surface area (Å²) in [5.41, 5.74) is -0.579. The molecule has 1 saturated heterocycles. The van der Waals surface area contributed by atoms with E-state index in [2.05, 4.69) is 15.3 Å². The number of amides is 1. The fraction of sp³-hybridized carbons (Fsp3) is 0.286. The Hall–Kier alpha value is -2.32. The van der Waals surface area contributed by atoms with Gasteiger partial charge in [0.1, 0.15) is 11.5 Å². The Kier molecular flexibility index (Phi) is 8.06. The van der Waals surface area contributed by atoms with Gasteiger partial charge in [-0.25, -0.2) is 26.2 Å². The molecule has 4 rings (SSSR count). The molecular formula is C21H20FN4NaO6S2. The van der Waals surface area contributed by atoms with Crippen LogP contribution in [-0.2, 0) is 26.4 Å². The number of aromatic nitrogens is 2. The number of nitrogens with one attached hydrogen (secondary N) is 1. The molecule has 0 aliphatic carbocycles. The SMILES string of the molecule is CS(=O)(=O)c1cc(F)ccc1CNC(=O)c1nc(N2CCCCS2(=O)=O)c2cccnc2c1[O-].[Na+]. The third kappa shape index (κ3) is 5.59. The molecule has 35 heavy (non-hydrogen) atoms. The first kappa shape index (κ1) is 27.3. The smallest absolute Gasteiger partial charge is 0.869 e. The number of hydrogen-bond acceptors (Lipinski definition) is 8. The van der Waals surface area contributed by atoms with E-state index < -0.39 is 43.0 Å². The fourth-order valence-corrected chi connectivity index (χ4v) is 6.29. The number of halogens is 1. The van der Waals surface area contributed by atoms with E-state index in [-0.39, 0.29) is 75.6 Å². The molecule has 2 aromatic heterocycles. The monoisotopic (exact) mass is 530 g/mol. The molecule has 1 aliphatic rings. The summed E-state index contributed by atoms with van der Waals surface area (Å²) in [5.74, 6) is -2.65. The minimum absolute atomic E-state index is 0. The van der Waals surface area contributed by atoms with E-state index in [0.29, 0.717) is 12.8 Å². The van der Waals surface area contributed by atoms with Gasteiger partial charge in [0.15, 0.2) is 15.7 Å². The van der Waals surface area contributed by atoms with E-state index in [0.717, 1.165) is 22.7 Å².